The fraction of sp³-hybridized carbons (Fsp3) is 0.444. The average molecular weight is 262 g/mol. The van der Waals surface area contributed by atoms with Crippen LogP contribution in [0.25, 0.3) is 0 Å². The fourth-order valence-electron chi connectivity index (χ4n) is 1.26. The molecular weight excluding hydrogens is 248 g/mol. The predicted molar refractivity (Wildman–Crippen MR) is 59.3 cm³/mol. The second-order valence-electron chi connectivity index (χ2n) is 3.45. The van der Waals surface area contributed by atoms with Gasteiger partial charge in [0.25, 0.3) is 0 Å². The maximum absolute atomic E-state index is 11.7. The molecule has 1 aromatic heterocycles. The number of aromatic nitrogens is 1. The highest BCUT2D eigenvalue weighted by Crippen LogP contribution is 2.13. The van der Waals surface area contributed by atoms with Crippen molar-refractivity contribution in [1.82, 2.24) is 9.29 Å². The molecule has 0 fully saturated rings. The molecule has 96 valence electrons. The van der Waals surface area contributed by atoms with Crippen LogP contribution in [0.2, 0.25) is 0 Å². The number of carboxylic acid groups (broad SMARTS) is 1. The molecule has 0 spiro atoms. The minimum atomic E-state index is -3.71. The van der Waals surface area contributed by atoms with E-state index in [0.29, 0.717) is 6.42 Å². The molecule has 0 atom stereocenters. The summed E-state index contributed by atoms with van der Waals surface area (Å²) in [6, 6.07) is 1.09. The highest BCUT2D eigenvalue weighted by atomic mass is 32.2. The van der Waals surface area contributed by atoms with Crippen molar-refractivity contribution in [2.24, 2.45) is 7.05 Å². The molecule has 1 aromatic rings. The van der Waals surface area contributed by atoms with Gasteiger partial charge < -0.3 is 14.8 Å². The lowest BCUT2D eigenvalue weighted by Crippen LogP contribution is -2.25. The van der Waals surface area contributed by atoms with Gasteiger partial charge in [0.15, 0.2) is 0 Å². The second-order valence-corrected chi connectivity index (χ2v) is 5.22. The molecule has 0 aliphatic rings. The van der Waals surface area contributed by atoms with Crippen molar-refractivity contribution in [2.75, 3.05) is 13.2 Å². The summed E-state index contributed by atoms with van der Waals surface area (Å²) in [6.07, 6.45) is 1.53. The highest BCUT2D eigenvalue weighted by Gasteiger charge is 2.19. The fourth-order valence-corrected chi connectivity index (χ4v) is 2.41. The molecule has 0 aliphatic heterocycles. The molecule has 7 nitrogen and oxygen atoms in total. The molecular formula is C9H14N2O5S. The van der Waals surface area contributed by atoms with Gasteiger partial charge in [-0.15, -0.1) is 0 Å². The summed E-state index contributed by atoms with van der Waals surface area (Å²) in [7, 11) is -2.26. The predicted octanol–water partition coefficient (Wildman–Crippen LogP) is -0.616. The molecule has 3 N–H and O–H groups in total. The minimum absolute atomic E-state index is 0.102. The summed E-state index contributed by atoms with van der Waals surface area (Å²) < 4.78 is 26.9. The zero-order chi connectivity index (χ0) is 13.1. The Hall–Kier alpha value is -1.38. The SMILES string of the molecule is Cn1cc(S(=O)(=O)NCCCO)cc1C(=O)O. The number of aliphatic hydroxyl groups excluding tert-OH is 1. The maximum Gasteiger partial charge on any atom is 0.352 e. The third-order valence-corrected chi connectivity index (χ3v) is 3.56. The smallest absolute Gasteiger partial charge is 0.352 e. The molecule has 0 saturated carbocycles. The van der Waals surface area contributed by atoms with Gasteiger partial charge in [0.1, 0.15) is 10.6 Å². The van der Waals surface area contributed by atoms with Gasteiger partial charge in [0.05, 0.1) is 0 Å². The van der Waals surface area contributed by atoms with Crippen LogP contribution < -0.4 is 4.72 Å². The van der Waals surface area contributed by atoms with Crippen molar-refractivity contribution in [3.05, 3.63) is 18.0 Å². The van der Waals surface area contributed by atoms with Crippen molar-refractivity contribution >= 4 is 16.0 Å². The Labute approximate surface area is 98.7 Å². The Morgan fingerprint density at radius 1 is 1.53 bits per heavy atom. The Kier molecular flexibility index (Phi) is 4.27. The standard InChI is InChI=1S/C9H14N2O5S/c1-11-6-7(5-8(11)9(13)14)17(15,16)10-3-2-4-12/h5-6,10,12H,2-4H2,1H3,(H,13,14). The molecule has 0 unspecified atom stereocenters. The van der Waals surface area contributed by atoms with E-state index in [2.05, 4.69) is 4.72 Å². The van der Waals surface area contributed by atoms with E-state index < -0.39 is 16.0 Å². The molecule has 0 aliphatic carbocycles. The van der Waals surface area contributed by atoms with Crippen LogP contribution >= 0.6 is 0 Å². The van der Waals surface area contributed by atoms with Crippen molar-refractivity contribution < 1.29 is 23.4 Å². The van der Waals surface area contributed by atoms with Gasteiger partial charge in [0, 0.05) is 26.4 Å². The number of nitrogens with zero attached hydrogens (tertiary/aromatic N) is 1. The lowest BCUT2D eigenvalue weighted by atomic mass is 10.4. The van der Waals surface area contributed by atoms with Crippen LogP contribution in [0.3, 0.4) is 0 Å². The first-order valence-corrected chi connectivity index (χ1v) is 6.37. The third kappa shape index (κ3) is 3.29. The second kappa shape index (κ2) is 5.30. The summed E-state index contributed by atoms with van der Waals surface area (Å²) in [6.45, 7) is -0.00613. The van der Waals surface area contributed by atoms with Crippen LogP contribution in [0.4, 0.5) is 0 Å². The number of aryl methyl sites for hydroxylation is 1. The van der Waals surface area contributed by atoms with Crippen LogP contribution in [-0.4, -0.2) is 42.3 Å². The van der Waals surface area contributed by atoms with Crippen molar-refractivity contribution in [3.63, 3.8) is 0 Å². The van der Waals surface area contributed by atoms with Crippen LogP contribution in [-0.2, 0) is 17.1 Å². The Balaban J connectivity index is 2.92. The number of nitrogens with one attached hydrogen (secondary N) is 1. The zero-order valence-corrected chi connectivity index (χ0v) is 10.1. The van der Waals surface area contributed by atoms with E-state index >= 15 is 0 Å². The lowest BCUT2D eigenvalue weighted by molar-refractivity contribution is 0.0686. The highest BCUT2D eigenvalue weighted by molar-refractivity contribution is 7.89. The van der Waals surface area contributed by atoms with Crippen LogP contribution in [0.1, 0.15) is 16.9 Å². The van der Waals surface area contributed by atoms with E-state index in [-0.39, 0.29) is 23.7 Å². The summed E-state index contributed by atoms with van der Waals surface area (Å²) in [5.41, 5.74) is -0.104. The largest absolute Gasteiger partial charge is 0.477 e. The molecule has 0 aromatic carbocycles. The number of hydrogen-bond donors (Lipinski definition) is 3. The molecule has 8 heteroatoms. The van der Waals surface area contributed by atoms with E-state index in [4.69, 9.17) is 10.2 Å². The van der Waals surface area contributed by atoms with Crippen molar-refractivity contribution in [3.8, 4) is 0 Å². The van der Waals surface area contributed by atoms with Gasteiger partial charge >= 0.3 is 5.97 Å². The zero-order valence-electron chi connectivity index (χ0n) is 9.25. The van der Waals surface area contributed by atoms with Gasteiger partial charge in [-0.3, -0.25) is 0 Å². The molecule has 1 rings (SSSR count). The number of aromatic carboxylic acids is 1. The van der Waals surface area contributed by atoms with E-state index in [1.807, 2.05) is 0 Å². The normalized spacial score (nSPS) is 11.6. The van der Waals surface area contributed by atoms with E-state index in [1.165, 1.54) is 17.8 Å². The Morgan fingerprint density at radius 2 is 2.18 bits per heavy atom. The summed E-state index contributed by atoms with van der Waals surface area (Å²) in [5, 5.41) is 17.3. The Morgan fingerprint density at radius 3 is 2.65 bits per heavy atom. The summed E-state index contributed by atoms with van der Waals surface area (Å²) in [4.78, 5) is 10.7. The van der Waals surface area contributed by atoms with E-state index in [1.54, 1.807) is 0 Å². The lowest BCUT2D eigenvalue weighted by Gasteiger charge is -2.02. The van der Waals surface area contributed by atoms with Crippen LogP contribution in [0.15, 0.2) is 17.2 Å². The first kappa shape index (κ1) is 13.7. The topological polar surface area (TPSA) is 109 Å². The summed E-state index contributed by atoms with van der Waals surface area (Å²) in [5.74, 6) is -1.19. The van der Waals surface area contributed by atoms with E-state index in [9.17, 15) is 13.2 Å². The van der Waals surface area contributed by atoms with E-state index in [0.717, 1.165) is 6.07 Å². The molecule has 0 amide bonds. The number of carbonyl (C=O) groups is 1. The number of carboxylic acids is 1. The number of hydrogen-bond acceptors (Lipinski definition) is 4. The van der Waals surface area contributed by atoms with Gasteiger partial charge in [0.2, 0.25) is 10.0 Å². The quantitative estimate of drug-likeness (QED) is 0.592. The first-order valence-electron chi connectivity index (χ1n) is 4.88. The monoisotopic (exact) mass is 262 g/mol. The molecule has 17 heavy (non-hydrogen) atoms. The van der Waals surface area contributed by atoms with Crippen LogP contribution in [0.5, 0.6) is 0 Å². The molecule has 0 radical (unpaired) electrons. The van der Waals surface area contributed by atoms with Gasteiger partial charge in [-0.25, -0.2) is 17.9 Å². The Bertz CT molecular complexity index is 505. The number of aliphatic hydroxyl groups is 1. The number of rotatable bonds is 6. The van der Waals surface area contributed by atoms with Gasteiger partial charge in [-0.05, 0) is 12.5 Å². The minimum Gasteiger partial charge on any atom is -0.477 e. The van der Waals surface area contributed by atoms with Gasteiger partial charge in [-0.1, -0.05) is 0 Å². The van der Waals surface area contributed by atoms with Crippen molar-refractivity contribution in [1.29, 1.82) is 0 Å². The van der Waals surface area contributed by atoms with Crippen LogP contribution in [0, 0.1) is 0 Å². The molecule has 0 bridgehead atoms. The summed E-state index contributed by atoms with van der Waals surface area (Å²) >= 11 is 0. The average Bonchev–Trinajstić information content (AvgIpc) is 2.61. The van der Waals surface area contributed by atoms with Crippen molar-refractivity contribution in [2.45, 2.75) is 11.3 Å². The maximum atomic E-state index is 11.7. The first-order chi connectivity index (χ1) is 7.88. The third-order valence-electron chi connectivity index (χ3n) is 2.14. The molecule has 1 heterocycles. The number of sulfonamides is 1. The molecule has 0 saturated heterocycles. The van der Waals surface area contributed by atoms with Gasteiger partial charge in [-0.2, -0.15) is 0 Å².